The van der Waals surface area contributed by atoms with Crippen LogP contribution in [0, 0.1) is 0 Å². The topological polar surface area (TPSA) is 420 Å². The molecule has 0 saturated carbocycles. The number of phenolic OH excluding ortho intramolecular Hbond substituents is 14. The molecule has 0 spiro atoms. The van der Waals surface area contributed by atoms with E-state index in [9.17, 15) is 91.9 Å². The lowest BCUT2D eigenvalue weighted by molar-refractivity contribution is 0.0196. The third-order valence-electron chi connectivity index (χ3n) is 14.5. The summed E-state index contributed by atoms with van der Waals surface area (Å²) in [6.07, 6.45) is -5.81. The van der Waals surface area contributed by atoms with Gasteiger partial charge in [0.1, 0.15) is 93.4 Å². The van der Waals surface area contributed by atoms with E-state index in [0.717, 1.165) is 0 Å². The maximum atomic E-state index is 10.3. The molecule has 98 heavy (non-hydrogen) atoms. The quantitative estimate of drug-likeness (QED) is 0.0688. The molecule has 536 valence electrons. The molecule has 4 heterocycles. The molecule has 0 saturated heterocycles. The van der Waals surface area contributed by atoms with Gasteiger partial charge in [0.25, 0.3) is 0 Å². The summed E-state index contributed by atoms with van der Waals surface area (Å²) in [6, 6.07) is 27.8. The van der Waals surface area contributed by atoms with Crippen molar-refractivity contribution in [3.8, 4) is 115 Å². The molecule has 0 fully saturated rings. The van der Waals surface area contributed by atoms with Gasteiger partial charge in [-0.25, -0.2) is 0 Å². The van der Waals surface area contributed by atoms with E-state index in [2.05, 4.69) is 0 Å². The van der Waals surface area contributed by atoms with Crippen molar-refractivity contribution in [3.05, 3.63) is 166 Å². The number of phenols is 14. The van der Waals surface area contributed by atoms with Gasteiger partial charge in [0, 0.05) is 96.5 Å². The number of hydrogen-bond acceptors (Lipinski definition) is 24. The third-order valence-corrected chi connectivity index (χ3v) is 14.5. The van der Waals surface area contributed by atoms with Crippen LogP contribution in [0.15, 0.2) is 121 Å². The highest BCUT2D eigenvalue weighted by Crippen LogP contribution is 2.48. The first-order chi connectivity index (χ1) is 46.9. The van der Waals surface area contributed by atoms with Gasteiger partial charge in [0.2, 0.25) is 0 Å². The lowest BCUT2D eigenvalue weighted by Crippen LogP contribution is -2.30. The van der Waals surface area contributed by atoms with Crippen LogP contribution in [0.25, 0.3) is 0 Å². The molecule has 0 radical (unpaired) electrons. The van der Waals surface area contributed by atoms with Gasteiger partial charge >= 0.3 is 0 Å². The fourth-order valence-electron chi connectivity index (χ4n) is 10.1. The number of fused-ring (bicyclic) bond motifs is 4. The number of ether oxygens (including phenoxy) is 6. The molecule has 8 aromatic rings. The van der Waals surface area contributed by atoms with E-state index in [4.69, 9.17) is 28.4 Å². The average molecular weight is 1370 g/mol. The van der Waals surface area contributed by atoms with Crippen LogP contribution < -0.4 is 28.4 Å². The standard InChI is InChI=1S/2C16H16O6.2C15H14O6.6C2H6/c1-21-9-5-12(18)10-7-14(20)16(22-15(10)6-9)8-2-3-11(17)13(19)4-8;1-21-14-5-9(17)6-15-10(14)7-13(20)16(22-15)8-2-3-11(18)12(19)4-8;2*16-8-4-11(18)9-6-13(20)15(21-14(9)5-8)7-1-2-10(17)12(19)3-7;6*1-2/h2-6,14,16-20H,7H2,1H3;2-6,13,16-20H,7H2,1H3;2*1-5,13,15-20H,6H2;6*1-2H3/t14-,16-;13-,16-;2*13-,15-;;;;;;/m1111....../s1. The van der Waals surface area contributed by atoms with Crippen LogP contribution in [0.1, 0.15) is 152 Å². The zero-order valence-corrected chi connectivity index (χ0v) is 57.5. The summed E-state index contributed by atoms with van der Waals surface area (Å²) in [5.74, 6) is -0.509. The Labute approximate surface area is 570 Å². The highest BCUT2D eigenvalue weighted by Gasteiger charge is 2.37. The maximum absolute atomic E-state index is 10.3. The molecular formula is C74H96O24. The molecule has 18 N–H and O–H groups in total. The van der Waals surface area contributed by atoms with Gasteiger partial charge in [-0.05, 0) is 70.8 Å². The average Bonchev–Trinajstić information content (AvgIpc) is 0.805. The zero-order valence-electron chi connectivity index (χ0n) is 57.5. The van der Waals surface area contributed by atoms with Gasteiger partial charge in [-0.2, -0.15) is 0 Å². The van der Waals surface area contributed by atoms with Gasteiger partial charge in [0.15, 0.2) is 46.0 Å². The predicted molar refractivity (Wildman–Crippen MR) is 368 cm³/mol. The van der Waals surface area contributed by atoms with E-state index in [1.165, 1.54) is 117 Å². The van der Waals surface area contributed by atoms with Crippen LogP contribution >= 0.6 is 0 Å². The number of rotatable bonds is 6. The number of aromatic hydroxyl groups is 14. The highest BCUT2D eigenvalue weighted by molar-refractivity contribution is 5.56. The molecule has 12 rings (SSSR count). The summed E-state index contributed by atoms with van der Waals surface area (Å²) in [6.45, 7) is 24.0. The van der Waals surface area contributed by atoms with E-state index < -0.39 is 48.8 Å². The maximum Gasteiger partial charge on any atom is 0.157 e. The van der Waals surface area contributed by atoms with Crippen LogP contribution in [0.2, 0.25) is 0 Å². The Morgan fingerprint density at radius 2 is 0.510 bits per heavy atom. The molecule has 4 aliphatic rings. The smallest absolute Gasteiger partial charge is 0.157 e. The summed E-state index contributed by atoms with van der Waals surface area (Å²) >= 11 is 0. The largest absolute Gasteiger partial charge is 0.508 e. The molecule has 8 atom stereocenters. The molecule has 8 aromatic carbocycles. The van der Waals surface area contributed by atoms with Gasteiger partial charge in [-0.15, -0.1) is 0 Å². The van der Waals surface area contributed by atoms with Crippen LogP contribution in [0.5, 0.6) is 115 Å². The predicted octanol–water partition coefficient (Wildman–Crippen LogP) is 12.9. The Morgan fingerprint density at radius 3 is 0.776 bits per heavy atom. The fraction of sp³-hybridized carbons (Fsp3) is 0.351. The minimum Gasteiger partial charge on any atom is -0.508 e. The highest BCUT2D eigenvalue weighted by atomic mass is 16.5. The van der Waals surface area contributed by atoms with E-state index in [1.807, 2.05) is 83.1 Å². The van der Waals surface area contributed by atoms with E-state index in [1.54, 1.807) is 18.2 Å². The summed E-state index contributed by atoms with van der Waals surface area (Å²) in [7, 11) is 2.96. The van der Waals surface area contributed by atoms with Crippen molar-refractivity contribution in [2.45, 2.75) is 158 Å². The van der Waals surface area contributed by atoms with E-state index in [0.29, 0.717) is 67.5 Å². The summed E-state index contributed by atoms with van der Waals surface area (Å²) < 4.78 is 33.1. The van der Waals surface area contributed by atoms with Crippen molar-refractivity contribution >= 4 is 0 Å². The Kier molecular flexibility index (Phi) is 32.5. The second-order valence-corrected chi connectivity index (χ2v) is 20.4. The summed E-state index contributed by atoms with van der Waals surface area (Å²) in [5, 5.41) is 175. The molecule has 4 aliphatic heterocycles. The molecule has 0 aromatic heterocycles. The van der Waals surface area contributed by atoms with Crippen LogP contribution in [-0.2, 0) is 25.7 Å². The van der Waals surface area contributed by atoms with Crippen molar-refractivity contribution in [2.24, 2.45) is 0 Å². The lowest BCUT2D eigenvalue weighted by Gasteiger charge is -2.31. The van der Waals surface area contributed by atoms with E-state index >= 15 is 0 Å². The number of aliphatic hydroxyl groups excluding tert-OH is 4. The Morgan fingerprint density at radius 1 is 0.265 bits per heavy atom. The molecule has 0 unspecified atom stereocenters. The first-order valence-corrected chi connectivity index (χ1v) is 32.3. The molecule has 24 nitrogen and oxygen atoms in total. The van der Waals surface area contributed by atoms with Crippen LogP contribution in [0.4, 0.5) is 0 Å². The van der Waals surface area contributed by atoms with Gasteiger partial charge < -0.3 is 120 Å². The number of hydrogen-bond donors (Lipinski definition) is 18. The minimum absolute atomic E-state index is 0.000373. The third kappa shape index (κ3) is 20.3. The molecule has 24 heteroatoms. The zero-order chi connectivity index (χ0) is 74.0. The normalized spacial score (nSPS) is 18.2. The number of benzene rings is 8. The summed E-state index contributed by atoms with van der Waals surface area (Å²) in [5.41, 5.74) is 4.02. The van der Waals surface area contributed by atoms with Gasteiger partial charge in [-0.1, -0.05) is 107 Å². The van der Waals surface area contributed by atoms with Crippen molar-refractivity contribution in [1.29, 1.82) is 0 Å². The summed E-state index contributed by atoms with van der Waals surface area (Å²) in [4.78, 5) is 0. The Hall–Kier alpha value is -10.4. The molecule has 0 bridgehead atoms. The first kappa shape index (κ1) is 81.8. The minimum atomic E-state index is -0.933. The fourth-order valence-corrected chi connectivity index (χ4v) is 10.1. The lowest BCUT2D eigenvalue weighted by atomic mass is 9.94. The SMILES string of the molecule is CC.CC.CC.CC.CC.CC.COc1cc(O)c2c(c1)O[C@H](c1ccc(O)c(O)c1)[C@H](O)C2.COc1cc(O)cc2c1C[C@@H](O)[C@@H](c1ccc(O)c(O)c1)O2.Oc1cc(O)c2c(c1)O[C@H](c1ccc(O)c(O)c1)[C@H](O)C2.Oc1cc(O)c2c(c1)O[C@H](c1ccc(O)c(O)c1)[C@H](O)C2. The number of methoxy groups -OCH3 is 2. The van der Waals surface area contributed by atoms with Crippen molar-refractivity contribution in [3.63, 3.8) is 0 Å². The van der Waals surface area contributed by atoms with Crippen molar-refractivity contribution in [2.75, 3.05) is 14.2 Å². The van der Waals surface area contributed by atoms with Gasteiger partial charge in [-0.3, -0.25) is 0 Å². The molecular weight excluding hydrogens is 1270 g/mol. The Balaban J connectivity index is 0.000000323. The first-order valence-electron chi connectivity index (χ1n) is 32.3. The van der Waals surface area contributed by atoms with Crippen molar-refractivity contribution in [1.82, 2.24) is 0 Å². The second kappa shape index (κ2) is 39.0. The second-order valence-electron chi connectivity index (χ2n) is 20.4. The Bertz CT molecular complexity index is 3620. The monoisotopic (exact) mass is 1370 g/mol. The molecule has 0 aliphatic carbocycles. The molecule has 0 amide bonds. The van der Waals surface area contributed by atoms with Crippen LogP contribution in [0.3, 0.4) is 0 Å². The van der Waals surface area contributed by atoms with Crippen LogP contribution in [-0.4, -0.2) is 131 Å². The van der Waals surface area contributed by atoms with Crippen molar-refractivity contribution < 1.29 is 120 Å². The number of aliphatic hydroxyl groups is 4. The van der Waals surface area contributed by atoms with E-state index in [-0.39, 0.29) is 118 Å². The van der Waals surface area contributed by atoms with Gasteiger partial charge in [0.05, 0.1) is 38.6 Å².